The molecule has 0 bridgehead atoms. The van der Waals surface area contributed by atoms with Crippen LogP contribution in [0.5, 0.6) is 0 Å². The molecule has 0 amide bonds. The molecule has 1 N–H and O–H groups in total. The van der Waals surface area contributed by atoms with Crippen LogP contribution in [0.2, 0.25) is 0 Å². The van der Waals surface area contributed by atoms with Crippen LogP contribution in [0.1, 0.15) is 13.3 Å². The maximum absolute atomic E-state index is 10.2. The molecule has 9 heavy (non-hydrogen) atoms. The van der Waals surface area contributed by atoms with Crippen LogP contribution in [0.3, 0.4) is 0 Å². The van der Waals surface area contributed by atoms with Gasteiger partial charge in [-0.25, -0.2) is 0 Å². The van der Waals surface area contributed by atoms with Crippen molar-refractivity contribution in [2.45, 2.75) is 13.3 Å². The number of methoxy groups -OCH3 is 1. The van der Waals surface area contributed by atoms with Gasteiger partial charge in [0.05, 0.1) is 12.5 Å². The third-order valence-corrected chi connectivity index (χ3v) is 1.21. The fraction of sp³-hybridized carbons (Fsp3) is 0.833. The highest BCUT2D eigenvalue weighted by atomic mass is 16.5. The van der Waals surface area contributed by atoms with Gasteiger partial charge in [0, 0.05) is 7.11 Å². The van der Waals surface area contributed by atoms with Gasteiger partial charge in [-0.2, -0.15) is 0 Å². The molecule has 3 heteroatoms. The van der Waals surface area contributed by atoms with Crippen molar-refractivity contribution in [3.8, 4) is 0 Å². The molecule has 0 aromatic rings. The summed E-state index contributed by atoms with van der Waals surface area (Å²) in [5.41, 5.74) is 0. The van der Waals surface area contributed by atoms with Crippen molar-refractivity contribution in [3.63, 3.8) is 0 Å². The number of carbonyl (C=O) groups is 1. The number of hydrogen-bond donors (Lipinski definition) is 1. The molecular weight excluding hydrogens is 120 g/mol. The van der Waals surface area contributed by atoms with Crippen LogP contribution in [-0.2, 0) is 9.53 Å². The van der Waals surface area contributed by atoms with Crippen LogP contribution in [-0.4, -0.2) is 24.8 Å². The monoisotopic (exact) mass is 132 g/mol. The predicted octanol–water partition coefficient (Wildman–Crippen LogP) is 0.744. The van der Waals surface area contributed by atoms with Crippen LogP contribution in [0.25, 0.3) is 0 Å². The molecular formula is C6H12O3. The number of ether oxygens (including phenoxy) is 1. The molecule has 0 fully saturated rings. The zero-order valence-electron chi connectivity index (χ0n) is 5.76. The quantitative estimate of drug-likeness (QED) is 0.613. The molecule has 0 aliphatic carbocycles. The topological polar surface area (TPSA) is 46.5 Å². The number of carboxylic acids is 1. The largest absolute Gasteiger partial charge is 0.481 e. The van der Waals surface area contributed by atoms with Gasteiger partial charge in [-0.05, 0) is 6.42 Å². The average molecular weight is 132 g/mol. The van der Waals surface area contributed by atoms with E-state index in [1.807, 2.05) is 6.92 Å². The van der Waals surface area contributed by atoms with E-state index in [4.69, 9.17) is 5.11 Å². The molecule has 0 spiro atoms. The highest BCUT2D eigenvalue weighted by Crippen LogP contribution is 2.01. The van der Waals surface area contributed by atoms with Gasteiger partial charge in [-0.1, -0.05) is 6.92 Å². The highest BCUT2D eigenvalue weighted by molar-refractivity contribution is 5.69. The van der Waals surface area contributed by atoms with Gasteiger partial charge in [-0.3, -0.25) is 4.79 Å². The second-order valence-electron chi connectivity index (χ2n) is 1.90. The Bertz CT molecular complexity index is 90.3. The Hall–Kier alpha value is -0.570. The van der Waals surface area contributed by atoms with Crippen molar-refractivity contribution in [2.75, 3.05) is 13.7 Å². The Balaban J connectivity index is 3.54. The fourth-order valence-electron chi connectivity index (χ4n) is 0.565. The molecule has 0 saturated carbocycles. The summed E-state index contributed by atoms with van der Waals surface area (Å²) in [4.78, 5) is 10.2. The lowest BCUT2D eigenvalue weighted by molar-refractivity contribution is -0.143. The lowest BCUT2D eigenvalue weighted by atomic mass is 10.1. The Kier molecular flexibility index (Phi) is 4.05. The number of carboxylic acid groups (broad SMARTS) is 1. The summed E-state index contributed by atoms with van der Waals surface area (Å²) in [6.07, 6.45) is 0.628. The smallest absolute Gasteiger partial charge is 0.308 e. The van der Waals surface area contributed by atoms with Crippen molar-refractivity contribution in [1.29, 1.82) is 0 Å². The van der Waals surface area contributed by atoms with Crippen molar-refractivity contribution >= 4 is 5.97 Å². The van der Waals surface area contributed by atoms with E-state index in [1.54, 1.807) is 0 Å². The minimum Gasteiger partial charge on any atom is -0.481 e. The van der Waals surface area contributed by atoms with Gasteiger partial charge in [-0.15, -0.1) is 0 Å². The maximum atomic E-state index is 10.2. The number of hydrogen-bond acceptors (Lipinski definition) is 2. The van der Waals surface area contributed by atoms with Crippen molar-refractivity contribution < 1.29 is 14.6 Å². The summed E-state index contributed by atoms with van der Waals surface area (Å²) in [6, 6.07) is 0. The standard InChI is InChI=1S/C6H12O3/c1-3-5(4-9-2)6(7)8/h5H,3-4H2,1-2H3,(H,7,8). The molecule has 54 valence electrons. The molecule has 0 rings (SSSR count). The highest BCUT2D eigenvalue weighted by Gasteiger charge is 2.13. The molecule has 0 heterocycles. The van der Waals surface area contributed by atoms with E-state index in [2.05, 4.69) is 4.74 Å². The molecule has 0 aromatic heterocycles. The van der Waals surface area contributed by atoms with Crippen LogP contribution < -0.4 is 0 Å². The minimum absolute atomic E-state index is 0.311. The van der Waals surface area contributed by atoms with E-state index >= 15 is 0 Å². The Morgan fingerprint density at radius 1 is 1.78 bits per heavy atom. The third-order valence-electron chi connectivity index (χ3n) is 1.21. The number of aliphatic carboxylic acids is 1. The van der Waals surface area contributed by atoms with Gasteiger partial charge in [0.1, 0.15) is 0 Å². The third kappa shape index (κ3) is 3.08. The molecule has 0 radical (unpaired) electrons. The summed E-state index contributed by atoms with van der Waals surface area (Å²) in [6.45, 7) is 2.14. The van der Waals surface area contributed by atoms with Crippen LogP contribution >= 0.6 is 0 Å². The zero-order chi connectivity index (χ0) is 7.28. The first kappa shape index (κ1) is 8.43. The van der Waals surface area contributed by atoms with Crippen LogP contribution in [0, 0.1) is 5.92 Å². The van der Waals surface area contributed by atoms with E-state index in [0.717, 1.165) is 0 Å². The first-order chi connectivity index (χ1) is 4.22. The van der Waals surface area contributed by atoms with E-state index in [0.29, 0.717) is 13.0 Å². The second-order valence-corrected chi connectivity index (χ2v) is 1.90. The molecule has 0 aliphatic rings. The van der Waals surface area contributed by atoms with E-state index in [9.17, 15) is 4.79 Å². The lowest BCUT2D eigenvalue weighted by Crippen LogP contribution is -2.17. The van der Waals surface area contributed by atoms with Gasteiger partial charge < -0.3 is 9.84 Å². The molecule has 1 atom stereocenters. The van der Waals surface area contributed by atoms with Crippen LogP contribution in [0.4, 0.5) is 0 Å². The predicted molar refractivity (Wildman–Crippen MR) is 33.3 cm³/mol. The fourth-order valence-corrected chi connectivity index (χ4v) is 0.565. The molecule has 0 saturated heterocycles. The summed E-state index contributed by atoms with van der Waals surface area (Å²) in [5.74, 6) is -1.12. The summed E-state index contributed by atoms with van der Waals surface area (Å²) in [7, 11) is 1.51. The van der Waals surface area contributed by atoms with Crippen molar-refractivity contribution in [1.82, 2.24) is 0 Å². The lowest BCUT2D eigenvalue weighted by Gasteiger charge is -2.05. The molecule has 1 unspecified atom stereocenters. The van der Waals surface area contributed by atoms with Crippen molar-refractivity contribution in [3.05, 3.63) is 0 Å². The molecule has 3 nitrogen and oxygen atoms in total. The molecule has 0 aromatic carbocycles. The van der Waals surface area contributed by atoms with Gasteiger partial charge in [0.2, 0.25) is 0 Å². The minimum atomic E-state index is -0.778. The van der Waals surface area contributed by atoms with Crippen molar-refractivity contribution in [2.24, 2.45) is 5.92 Å². The summed E-state index contributed by atoms with van der Waals surface area (Å²) < 4.78 is 4.68. The normalized spacial score (nSPS) is 13.1. The average Bonchev–Trinajstić information content (AvgIpc) is 1.82. The summed E-state index contributed by atoms with van der Waals surface area (Å²) in [5, 5.41) is 8.42. The van der Waals surface area contributed by atoms with E-state index < -0.39 is 5.97 Å². The van der Waals surface area contributed by atoms with Gasteiger partial charge >= 0.3 is 5.97 Å². The Labute approximate surface area is 54.6 Å². The SMILES string of the molecule is CCC(COC)C(=O)O. The second kappa shape index (κ2) is 4.32. The van der Waals surface area contributed by atoms with Gasteiger partial charge in [0.25, 0.3) is 0 Å². The van der Waals surface area contributed by atoms with Gasteiger partial charge in [0.15, 0.2) is 0 Å². The number of rotatable bonds is 4. The van der Waals surface area contributed by atoms with E-state index in [-0.39, 0.29) is 5.92 Å². The first-order valence-electron chi connectivity index (χ1n) is 2.94. The van der Waals surface area contributed by atoms with E-state index in [1.165, 1.54) is 7.11 Å². The summed E-state index contributed by atoms with van der Waals surface area (Å²) >= 11 is 0. The zero-order valence-corrected chi connectivity index (χ0v) is 5.76. The maximum Gasteiger partial charge on any atom is 0.308 e. The molecule has 0 aliphatic heterocycles. The Morgan fingerprint density at radius 2 is 2.33 bits per heavy atom. The van der Waals surface area contributed by atoms with Crippen LogP contribution in [0.15, 0.2) is 0 Å². The Morgan fingerprint density at radius 3 is 2.44 bits per heavy atom. The first-order valence-corrected chi connectivity index (χ1v) is 2.94.